The highest BCUT2D eigenvalue weighted by atomic mass is 32.2. The van der Waals surface area contributed by atoms with Gasteiger partial charge in [-0.15, -0.1) is 0 Å². The largest absolute Gasteiger partial charge is 0.491 e. The summed E-state index contributed by atoms with van der Waals surface area (Å²) in [6.45, 7) is 0.762. The lowest BCUT2D eigenvalue weighted by Crippen LogP contribution is -2.20. The van der Waals surface area contributed by atoms with E-state index in [1.54, 1.807) is 23.5 Å². The summed E-state index contributed by atoms with van der Waals surface area (Å²) in [5.41, 5.74) is 0. The highest BCUT2D eigenvalue weighted by Gasteiger charge is 2.07. The van der Waals surface area contributed by atoms with Gasteiger partial charge in [0.05, 0.1) is 18.8 Å². The number of hydrogen-bond donors (Lipinski definition) is 4. The van der Waals surface area contributed by atoms with E-state index in [0.717, 1.165) is 22.0 Å². The first-order valence-electron chi connectivity index (χ1n) is 10.5. The molecule has 4 N–H and O–H groups in total. The van der Waals surface area contributed by atoms with Crippen LogP contribution in [-0.4, -0.2) is 82.1 Å². The van der Waals surface area contributed by atoms with Crippen molar-refractivity contribution in [3.8, 4) is 11.5 Å². The number of rotatable bonds is 17. The minimum absolute atomic E-state index is 0.113. The standard InChI is InChI=1S/C23H32O6S3/c24-10-1-12-30-16-18(26)14-28-20-2-6-22(7-3-20)32-23-8-4-21(5-9-23)29-15-19(27)17-31-13-11-25/h2-9,18-19,24-27H,1,10-17H2. The van der Waals surface area contributed by atoms with Gasteiger partial charge in [-0.1, -0.05) is 11.8 Å². The fraction of sp³-hybridized carbons (Fsp3) is 0.478. The number of aliphatic hydroxyl groups is 4. The molecule has 0 amide bonds. The summed E-state index contributed by atoms with van der Waals surface area (Å²) in [5.74, 6) is 4.00. The van der Waals surface area contributed by atoms with Crippen LogP contribution < -0.4 is 9.47 Å². The van der Waals surface area contributed by atoms with Crippen molar-refractivity contribution in [3.63, 3.8) is 0 Å². The highest BCUT2D eigenvalue weighted by Crippen LogP contribution is 2.30. The van der Waals surface area contributed by atoms with Crippen LogP contribution in [0, 0.1) is 0 Å². The van der Waals surface area contributed by atoms with Crippen LogP contribution in [0.2, 0.25) is 0 Å². The molecule has 32 heavy (non-hydrogen) atoms. The van der Waals surface area contributed by atoms with Crippen molar-refractivity contribution in [1.29, 1.82) is 0 Å². The van der Waals surface area contributed by atoms with Gasteiger partial charge in [-0.25, -0.2) is 0 Å². The Labute approximate surface area is 202 Å². The van der Waals surface area contributed by atoms with Crippen LogP contribution in [0.15, 0.2) is 58.3 Å². The quantitative estimate of drug-likeness (QED) is 0.244. The minimum atomic E-state index is -0.563. The highest BCUT2D eigenvalue weighted by molar-refractivity contribution is 7.99. The third-order valence-electron chi connectivity index (χ3n) is 4.07. The van der Waals surface area contributed by atoms with Gasteiger partial charge >= 0.3 is 0 Å². The zero-order valence-corrected chi connectivity index (χ0v) is 20.4. The van der Waals surface area contributed by atoms with E-state index in [0.29, 0.717) is 28.8 Å². The molecule has 0 aromatic heterocycles. The summed E-state index contributed by atoms with van der Waals surface area (Å²) in [7, 11) is 0. The smallest absolute Gasteiger partial charge is 0.119 e. The van der Waals surface area contributed by atoms with Gasteiger partial charge < -0.3 is 29.9 Å². The number of hydrogen-bond acceptors (Lipinski definition) is 9. The molecule has 0 radical (unpaired) electrons. The lowest BCUT2D eigenvalue weighted by Gasteiger charge is -2.13. The molecule has 0 fully saturated rings. The molecule has 178 valence electrons. The molecular weight excluding hydrogens is 468 g/mol. The first-order chi connectivity index (χ1) is 15.6. The second kappa shape index (κ2) is 16.5. The lowest BCUT2D eigenvalue weighted by atomic mass is 10.3. The maximum absolute atomic E-state index is 9.95. The molecule has 2 aromatic carbocycles. The second-order valence-corrected chi connectivity index (χ2v) is 10.4. The molecule has 2 aromatic rings. The van der Waals surface area contributed by atoms with Crippen molar-refractivity contribution in [1.82, 2.24) is 0 Å². The summed E-state index contributed by atoms with van der Waals surface area (Å²) < 4.78 is 11.3. The first kappa shape index (κ1) is 27.2. The number of ether oxygens (including phenoxy) is 2. The zero-order chi connectivity index (χ0) is 23.0. The van der Waals surface area contributed by atoms with Gasteiger partial charge in [0.2, 0.25) is 0 Å². The molecule has 0 saturated carbocycles. The Morgan fingerprint density at radius 2 is 1.12 bits per heavy atom. The van der Waals surface area contributed by atoms with E-state index in [4.69, 9.17) is 19.7 Å². The average Bonchev–Trinajstić information content (AvgIpc) is 2.81. The van der Waals surface area contributed by atoms with Gasteiger partial charge in [0.1, 0.15) is 24.7 Å². The molecule has 0 aliphatic heterocycles. The Morgan fingerprint density at radius 3 is 1.56 bits per heavy atom. The molecule has 0 heterocycles. The Hall–Kier alpha value is -1.07. The Bertz CT molecular complexity index is 730. The van der Waals surface area contributed by atoms with Gasteiger partial charge in [-0.2, -0.15) is 23.5 Å². The molecule has 0 aliphatic carbocycles. The van der Waals surface area contributed by atoms with Crippen LogP contribution in [0.5, 0.6) is 11.5 Å². The van der Waals surface area contributed by atoms with E-state index in [9.17, 15) is 10.2 Å². The monoisotopic (exact) mass is 500 g/mol. The van der Waals surface area contributed by atoms with Crippen molar-refractivity contribution in [2.75, 3.05) is 49.4 Å². The molecule has 2 atom stereocenters. The predicted octanol–water partition coefficient (Wildman–Crippen LogP) is 3.16. The predicted molar refractivity (Wildman–Crippen MR) is 133 cm³/mol. The van der Waals surface area contributed by atoms with E-state index >= 15 is 0 Å². The van der Waals surface area contributed by atoms with E-state index < -0.39 is 12.2 Å². The Kier molecular flexibility index (Phi) is 14.0. The van der Waals surface area contributed by atoms with Gasteiger partial charge in [0, 0.05) is 33.7 Å². The van der Waals surface area contributed by atoms with E-state index in [1.165, 1.54) is 11.8 Å². The Balaban J connectivity index is 1.70. The molecule has 9 heteroatoms. The molecule has 6 nitrogen and oxygen atoms in total. The SMILES string of the molecule is OCCCSCC(O)COc1ccc(Sc2ccc(OCC(O)CSCCO)cc2)cc1. The van der Waals surface area contributed by atoms with Crippen molar-refractivity contribution in [2.45, 2.75) is 28.4 Å². The van der Waals surface area contributed by atoms with Gasteiger partial charge in [0.25, 0.3) is 0 Å². The van der Waals surface area contributed by atoms with Crippen molar-refractivity contribution in [2.24, 2.45) is 0 Å². The van der Waals surface area contributed by atoms with Crippen LogP contribution in [0.3, 0.4) is 0 Å². The summed E-state index contributed by atoms with van der Waals surface area (Å²) in [6.07, 6.45) is -0.358. The molecule has 2 rings (SSSR count). The maximum atomic E-state index is 9.95. The molecule has 0 aliphatic rings. The van der Waals surface area contributed by atoms with Crippen LogP contribution in [0.1, 0.15) is 6.42 Å². The Morgan fingerprint density at radius 1 is 0.656 bits per heavy atom. The zero-order valence-electron chi connectivity index (χ0n) is 18.0. The number of benzene rings is 2. The van der Waals surface area contributed by atoms with Gasteiger partial charge in [-0.05, 0) is 60.7 Å². The summed E-state index contributed by atoms with van der Waals surface area (Å²) in [6, 6.07) is 15.5. The van der Waals surface area contributed by atoms with Crippen LogP contribution in [0.4, 0.5) is 0 Å². The molecule has 0 bridgehead atoms. The van der Waals surface area contributed by atoms with Crippen molar-refractivity contribution < 1.29 is 29.9 Å². The fourth-order valence-corrected chi connectivity index (χ4v) is 4.84. The molecule has 2 unspecified atom stereocenters. The summed E-state index contributed by atoms with van der Waals surface area (Å²) in [5, 5.41) is 37.3. The van der Waals surface area contributed by atoms with Gasteiger partial charge in [0.15, 0.2) is 0 Å². The van der Waals surface area contributed by atoms with Crippen LogP contribution >= 0.6 is 35.3 Å². The third kappa shape index (κ3) is 11.7. The van der Waals surface area contributed by atoms with Crippen molar-refractivity contribution in [3.05, 3.63) is 48.5 Å². The topological polar surface area (TPSA) is 99.4 Å². The van der Waals surface area contributed by atoms with E-state index in [-0.39, 0.29) is 26.4 Å². The van der Waals surface area contributed by atoms with E-state index in [1.807, 2.05) is 48.5 Å². The molecule has 0 spiro atoms. The average molecular weight is 501 g/mol. The van der Waals surface area contributed by atoms with Gasteiger partial charge in [-0.3, -0.25) is 0 Å². The number of aliphatic hydroxyl groups excluding tert-OH is 4. The normalized spacial score (nSPS) is 13.0. The number of thioether (sulfide) groups is 2. The second-order valence-electron chi connectivity index (χ2n) is 6.93. The minimum Gasteiger partial charge on any atom is -0.491 e. The third-order valence-corrected chi connectivity index (χ3v) is 7.38. The van der Waals surface area contributed by atoms with Crippen LogP contribution in [-0.2, 0) is 0 Å². The van der Waals surface area contributed by atoms with Crippen LogP contribution in [0.25, 0.3) is 0 Å². The first-order valence-corrected chi connectivity index (χ1v) is 13.6. The maximum Gasteiger partial charge on any atom is 0.119 e. The molecule has 0 saturated heterocycles. The summed E-state index contributed by atoms with van der Waals surface area (Å²) in [4.78, 5) is 2.14. The lowest BCUT2D eigenvalue weighted by molar-refractivity contribution is 0.126. The fourth-order valence-electron chi connectivity index (χ4n) is 2.49. The van der Waals surface area contributed by atoms with E-state index in [2.05, 4.69) is 0 Å². The van der Waals surface area contributed by atoms with Crippen molar-refractivity contribution >= 4 is 35.3 Å². The molecular formula is C23H32O6S3. The summed E-state index contributed by atoms with van der Waals surface area (Å²) >= 11 is 4.73.